The van der Waals surface area contributed by atoms with E-state index in [1.165, 1.54) is 0 Å². The summed E-state index contributed by atoms with van der Waals surface area (Å²) < 4.78 is 0. The number of hydrogen-bond donors (Lipinski definition) is 1. The van der Waals surface area contributed by atoms with Gasteiger partial charge in [-0.1, -0.05) is 6.08 Å². The van der Waals surface area contributed by atoms with Crippen molar-refractivity contribution < 1.29 is 4.79 Å². The van der Waals surface area contributed by atoms with Gasteiger partial charge in [-0.3, -0.25) is 4.79 Å². The van der Waals surface area contributed by atoms with Gasteiger partial charge in [-0.05, 0) is 6.42 Å². The Morgan fingerprint density at radius 1 is 2.00 bits per heavy atom. The second kappa shape index (κ2) is 1.99. The monoisotopic (exact) mass is 111 g/mol. The van der Waals surface area contributed by atoms with Crippen LogP contribution in [0.3, 0.4) is 0 Å². The number of carbonyl (C=O) groups is 1. The lowest BCUT2D eigenvalue weighted by Gasteiger charge is -2.25. The number of amides is 1. The molecule has 0 radical (unpaired) electrons. The van der Waals surface area contributed by atoms with Crippen LogP contribution in [0.4, 0.5) is 0 Å². The molecule has 0 spiro atoms. The van der Waals surface area contributed by atoms with Gasteiger partial charge in [-0.15, -0.1) is 6.58 Å². The van der Waals surface area contributed by atoms with E-state index in [2.05, 4.69) is 11.9 Å². The topological polar surface area (TPSA) is 29.1 Å². The van der Waals surface area contributed by atoms with Gasteiger partial charge >= 0.3 is 0 Å². The average molecular weight is 111 g/mol. The number of nitrogens with one attached hydrogen (secondary N) is 1. The molecule has 1 aliphatic heterocycles. The van der Waals surface area contributed by atoms with Crippen molar-refractivity contribution in [3.8, 4) is 0 Å². The van der Waals surface area contributed by atoms with Gasteiger partial charge in [0.2, 0.25) is 5.91 Å². The fourth-order valence-corrected chi connectivity index (χ4v) is 0.774. The molecule has 0 unspecified atom stereocenters. The molecule has 1 rings (SSSR count). The van der Waals surface area contributed by atoms with E-state index >= 15 is 0 Å². The van der Waals surface area contributed by atoms with Crippen molar-refractivity contribution in [1.82, 2.24) is 5.32 Å². The largest absolute Gasteiger partial charge is 0.352 e. The highest BCUT2D eigenvalue weighted by Crippen LogP contribution is 2.07. The van der Waals surface area contributed by atoms with Gasteiger partial charge in [-0.2, -0.15) is 0 Å². The summed E-state index contributed by atoms with van der Waals surface area (Å²) in [6, 6.07) is 0.389. The van der Waals surface area contributed by atoms with E-state index < -0.39 is 0 Å². The van der Waals surface area contributed by atoms with E-state index in [1.807, 2.05) is 6.08 Å². The van der Waals surface area contributed by atoms with Crippen LogP contribution in [-0.2, 0) is 4.79 Å². The van der Waals surface area contributed by atoms with Gasteiger partial charge in [0, 0.05) is 12.5 Å². The molecule has 0 aliphatic carbocycles. The number of rotatable bonds is 2. The van der Waals surface area contributed by atoms with E-state index in [0.29, 0.717) is 12.5 Å². The molecule has 0 aromatic carbocycles. The molecule has 1 N–H and O–H groups in total. The molecule has 2 nitrogen and oxygen atoms in total. The Balaban J connectivity index is 2.15. The molecule has 1 fully saturated rings. The number of β-lactam (4-membered cyclic amide) rings is 1. The van der Waals surface area contributed by atoms with Gasteiger partial charge < -0.3 is 5.32 Å². The quantitative estimate of drug-likeness (QED) is 0.407. The molecule has 2 heteroatoms. The van der Waals surface area contributed by atoms with Gasteiger partial charge in [0.05, 0.1) is 0 Å². The first kappa shape index (κ1) is 5.35. The van der Waals surface area contributed by atoms with E-state index in [-0.39, 0.29) is 5.91 Å². The molecule has 1 amide bonds. The molecule has 1 heterocycles. The molecule has 0 bridgehead atoms. The van der Waals surface area contributed by atoms with Crippen LogP contribution in [0.25, 0.3) is 0 Å². The van der Waals surface area contributed by atoms with Crippen LogP contribution in [-0.4, -0.2) is 11.9 Å². The fraction of sp³-hybridized carbons (Fsp3) is 0.500. The number of hydrogen-bond acceptors (Lipinski definition) is 1. The third-order valence-electron chi connectivity index (χ3n) is 1.25. The van der Waals surface area contributed by atoms with E-state index in [9.17, 15) is 4.79 Å². The standard InChI is InChI=1S/C6H9NO/c1-2-3-5-4-6(8)7-5/h2,5H,1,3-4H2,(H,7,8)/t5-/m1/s1. The first-order valence-corrected chi connectivity index (χ1v) is 2.73. The summed E-state index contributed by atoms with van der Waals surface area (Å²) in [6.07, 6.45) is 3.42. The van der Waals surface area contributed by atoms with Crippen molar-refractivity contribution in [2.45, 2.75) is 18.9 Å². The minimum absolute atomic E-state index is 0.164. The smallest absolute Gasteiger partial charge is 0.222 e. The number of carbonyl (C=O) groups excluding carboxylic acids is 1. The van der Waals surface area contributed by atoms with Gasteiger partial charge in [0.25, 0.3) is 0 Å². The summed E-state index contributed by atoms with van der Waals surface area (Å²) in [6.45, 7) is 3.56. The summed E-state index contributed by atoms with van der Waals surface area (Å²) in [5.41, 5.74) is 0. The van der Waals surface area contributed by atoms with Crippen molar-refractivity contribution >= 4 is 5.91 Å². The predicted octanol–water partition coefficient (Wildman–Crippen LogP) is 0.451. The molecule has 1 aliphatic rings. The Hall–Kier alpha value is -0.790. The molecule has 0 saturated carbocycles. The summed E-state index contributed by atoms with van der Waals surface area (Å²) >= 11 is 0. The Morgan fingerprint density at radius 2 is 2.62 bits per heavy atom. The predicted molar refractivity (Wildman–Crippen MR) is 31.4 cm³/mol. The first-order chi connectivity index (χ1) is 3.83. The van der Waals surface area contributed by atoms with Crippen molar-refractivity contribution in [3.63, 3.8) is 0 Å². The molecule has 0 aromatic rings. The average Bonchev–Trinajstić information content (AvgIpc) is 1.64. The van der Waals surface area contributed by atoms with Crippen molar-refractivity contribution in [2.75, 3.05) is 0 Å². The highest BCUT2D eigenvalue weighted by atomic mass is 16.2. The maximum absolute atomic E-state index is 10.2. The Morgan fingerprint density at radius 3 is 3.00 bits per heavy atom. The van der Waals surface area contributed by atoms with Crippen LogP contribution in [0.5, 0.6) is 0 Å². The summed E-state index contributed by atoms with van der Waals surface area (Å²) in [5, 5.41) is 2.73. The summed E-state index contributed by atoms with van der Waals surface area (Å²) in [4.78, 5) is 10.2. The third-order valence-corrected chi connectivity index (χ3v) is 1.25. The molecule has 1 atom stereocenters. The normalized spacial score (nSPS) is 26.0. The lowest BCUT2D eigenvalue weighted by atomic mass is 10.0. The van der Waals surface area contributed by atoms with Crippen molar-refractivity contribution in [1.29, 1.82) is 0 Å². The second-order valence-electron chi connectivity index (χ2n) is 1.99. The highest BCUT2D eigenvalue weighted by molar-refractivity contribution is 5.82. The second-order valence-corrected chi connectivity index (χ2v) is 1.99. The minimum atomic E-state index is 0.164. The maximum atomic E-state index is 10.2. The Bertz CT molecular complexity index is 109. The Kier molecular flexibility index (Phi) is 1.33. The fourth-order valence-electron chi connectivity index (χ4n) is 0.774. The van der Waals surface area contributed by atoms with E-state index in [0.717, 1.165) is 6.42 Å². The molecular weight excluding hydrogens is 102 g/mol. The van der Waals surface area contributed by atoms with Crippen LogP contribution in [0.15, 0.2) is 12.7 Å². The van der Waals surface area contributed by atoms with Crippen LogP contribution in [0.1, 0.15) is 12.8 Å². The zero-order chi connectivity index (χ0) is 5.98. The Labute approximate surface area is 48.6 Å². The highest BCUT2D eigenvalue weighted by Gasteiger charge is 2.22. The SMILES string of the molecule is C=CC[C@@H]1CC(=O)N1. The molecule has 44 valence electrons. The first-order valence-electron chi connectivity index (χ1n) is 2.73. The maximum Gasteiger partial charge on any atom is 0.222 e. The van der Waals surface area contributed by atoms with E-state index in [1.54, 1.807) is 0 Å². The van der Waals surface area contributed by atoms with Gasteiger partial charge in [-0.25, -0.2) is 0 Å². The zero-order valence-electron chi connectivity index (χ0n) is 4.68. The molecule has 8 heavy (non-hydrogen) atoms. The van der Waals surface area contributed by atoms with E-state index in [4.69, 9.17) is 0 Å². The molecule has 1 saturated heterocycles. The van der Waals surface area contributed by atoms with Gasteiger partial charge in [0.1, 0.15) is 0 Å². The van der Waals surface area contributed by atoms with Crippen LogP contribution < -0.4 is 5.32 Å². The summed E-state index contributed by atoms with van der Waals surface area (Å²) in [7, 11) is 0. The molecular formula is C6H9NO. The van der Waals surface area contributed by atoms with Crippen LogP contribution >= 0.6 is 0 Å². The lowest BCUT2D eigenvalue weighted by Crippen LogP contribution is -2.47. The minimum Gasteiger partial charge on any atom is -0.352 e. The van der Waals surface area contributed by atoms with Crippen molar-refractivity contribution in [3.05, 3.63) is 12.7 Å². The zero-order valence-corrected chi connectivity index (χ0v) is 4.68. The molecule has 0 aromatic heterocycles. The van der Waals surface area contributed by atoms with Crippen molar-refractivity contribution in [2.24, 2.45) is 0 Å². The van der Waals surface area contributed by atoms with Crippen LogP contribution in [0.2, 0.25) is 0 Å². The third kappa shape index (κ3) is 0.886. The summed E-state index contributed by atoms with van der Waals surface area (Å²) in [5.74, 6) is 0.164. The van der Waals surface area contributed by atoms with Crippen LogP contribution in [0, 0.1) is 0 Å². The lowest BCUT2D eigenvalue weighted by molar-refractivity contribution is -0.128. The van der Waals surface area contributed by atoms with Gasteiger partial charge in [0.15, 0.2) is 0 Å².